The highest BCUT2D eigenvalue weighted by atomic mass is 32.2. The Hall–Kier alpha value is 0.160. The second-order valence-corrected chi connectivity index (χ2v) is 2.43. The van der Waals surface area contributed by atoms with Crippen LogP contribution in [0.1, 0.15) is 0 Å². The van der Waals surface area contributed by atoms with Gasteiger partial charge in [-0.05, 0) is 12.2 Å². The second kappa shape index (κ2) is 2.63. The van der Waals surface area contributed by atoms with Gasteiger partial charge in [0.2, 0.25) is 4.45 Å². The van der Waals surface area contributed by atoms with Crippen molar-refractivity contribution >= 4 is 28.4 Å². The highest BCUT2D eigenvalue weighted by Crippen LogP contribution is 2.31. The van der Waals surface area contributed by atoms with E-state index in [0.717, 1.165) is 0 Å². The van der Waals surface area contributed by atoms with Crippen LogP contribution in [0, 0.1) is 0 Å². The minimum absolute atomic E-state index is 0.924. The molecule has 0 fully saturated rings. The standard InChI is InChI=1S/C2F4S2/c3-1(7)8-2(4,5)6. The molecule has 0 rings (SSSR count). The Bertz CT molecular complexity index is 94.7. The molecule has 0 saturated heterocycles. The van der Waals surface area contributed by atoms with Gasteiger partial charge in [-0.25, -0.2) is 0 Å². The number of rotatable bonds is 0. The van der Waals surface area contributed by atoms with Crippen LogP contribution in [0.4, 0.5) is 17.6 Å². The molecular formula is C2F4S2. The summed E-state index contributed by atoms with van der Waals surface area (Å²) in [6.07, 6.45) is 0. The summed E-state index contributed by atoms with van der Waals surface area (Å²) < 4.78 is 42.4. The van der Waals surface area contributed by atoms with Crippen LogP contribution in [0.25, 0.3) is 0 Å². The van der Waals surface area contributed by atoms with E-state index in [0.29, 0.717) is 0 Å². The van der Waals surface area contributed by atoms with Crippen molar-refractivity contribution in [3.63, 3.8) is 0 Å². The van der Waals surface area contributed by atoms with Crippen molar-refractivity contribution < 1.29 is 17.6 Å². The molecule has 0 saturated carbocycles. The molecule has 0 spiro atoms. The zero-order chi connectivity index (χ0) is 6.78. The lowest BCUT2D eigenvalue weighted by atomic mass is 11.6. The summed E-state index contributed by atoms with van der Waals surface area (Å²) in [7, 11) is 0. The van der Waals surface area contributed by atoms with E-state index in [4.69, 9.17) is 0 Å². The van der Waals surface area contributed by atoms with Gasteiger partial charge >= 0.3 is 5.51 Å². The zero-order valence-electron chi connectivity index (χ0n) is 3.33. The molecule has 48 valence electrons. The van der Waals surface area contributed by atoms with Gasteiger partial charge in [0.1, 0.15) is 0 Å². The van der Waals surface area contributed by atoms with E-state index < -0.39 is 21.7 Å². The van der Waals surface area contributed by atoms with Crippen LogP contribution in [0.3, 0.4) is 0 Å². The smallest absolute Gasteiger partial charge is 0.186 e. The summed E-state index contributed by atoms with van der Waals surface area (Å²) in [5.41, 5.74) is -4.58. The van der Waals surface area contributed by atoms with E-state index in [1.54, 1.807) is 0 Å². The minimum atomic E-state index is -4.58. The van der Waals surface area contributed by atoms with Gasteiger partial charge in [0.05, 0.1) is 0 Å². The predicted molar refractivity (Wildman–Crippen MR) is 27.4 cm³/mol. The van der Waals surface area contributed by atoms with Crippen molar-refractivity contribution in [1.29, 1.82) is 0 Å². The fraction of sp³-hybridized carbons (Fsp3) is 0.500. The third kappa shape index (κ3) is 6.16. The first-order chi connectivity index (χ1) is 3.42. The summed E-state index contributed by atoms with van der Waals surface area (Å²) in [4.78, 5) is 0. The highest BCUT2D eigenvalue weighted by Gasteiger charge is 2.30. The van der Waals surface area contributed by atoms with Crippen LogP contribution in [0.5, 0.6) is 0 Å². The number of thiocarbonyl (C=S) groups is 1. The van der Waals surface area contributed by atoms with Crippen LogP contribution in [-0.4, -0.2) is 9.96 Å². The first kappa shape index (κ1) is 8.16. The van der Waals surface area contributed by atoms with Gasteiger partial charge in [-0.1, -0.05) is 0 Å². The van der Waals surface area contributed by atoms with Crippen LogP contribution in [0.15, 0.2) is 0 Å². The maximum atomic E-state index is 11.2. The molecule has 0 aliphatic carbocycles. The van der Waals surface area contributed by atoms with E-state index in [1.165, 1.54) is 0 Å². The van der Waals surface area contributed by atoms with E-state index in [9.17, 15) is 17.6 Å². The Morgan fingerprint density at radius 3 is 1.75 bits per heavy atom. The molecule has 0 aromatic heterocycles. The second-order valence-electron chi connectivity index (χ2n) is 0.785. The highest BCUT2D eigenvalue weighted by molar-refractivity contribution is 8.23. The molecule has 0 unspecified atom stereocenters. The van der Waals surface area contributed by atoms with Crippen molar-refractivity contribution in [2.75, 3.05) is 0 Å². The zero-order valence-corrected chi connectivity index (χ0v) is 4.96. The Labute approximate surface area is 52.2 Å². The average Bonchev–Trinajstić information content (AvgIpc) is 1.21. The molecule has 0 atom stereocenters. The normalized spacial score (nSPS) is 11.5. The molecule has 0 aromatic rings. The van der Waals surface area contributed by atoms with Crippen molar-refractivity contribution in [2.45, 2.75) is 5.51 Å². The summed E-state index contributed by atoms with van der Waals surface area (Å²) in [6.45, 7) is 0. The molecule has 0 nitrogen and oxygen atoms in total. The number of hydrogen-bond donors (Lipinski definition) is 0. The SMILES string of the molecule is FC(=S)SC(F)(F)F. The van der Waals surface area contributed by atoms with Crippen molar-refractivity contribution in [1.82, 2.24) is 0 Å². The fourth-order valence-corrected chi connectivity index (χ4v) is 0.556. The van der Waals surface area contributed by atoms with E-state index in [1.807, 2.05) is 0 Å². The van der Waals surface area contributed by atoms with Crippen LogP contribution in [0.2, 0.25) is 0 Å². The van der Waals surface area contributed by atoms with Crippen molar-refractivity contribution in [3.05, 3.63) is 0 Å². The number of halogens is 4. The third-order valence-corrected chi connectivity index (χ3v) is 0.838. The third-order valence-electron chi connectivity index (χ3n) is 0.196. The summed E-state index contributed by atoms with van der Waals surface area (Å²) in [5, 5.41) is 0. The molecule has 8 heavy (non-hydrogen) atoms. The van der Waals surface area contributed by atoms with Gasteiger partial charge < -0.3 is 0 Å². The lowest BCUT2D eigenvalue weighted by Gasteiger charge is -1.98. The predicted octanol–water partition coefficient (Wildman–Crippen LogP) is 2.49. The molecule has 0 bridgehead atoms. The lowest BCUT2D eigenvalue weighted by molar-refractivity contribution is -0.0316. The Morgan fingerprint density at radius 1 is 1.38 bits per heavy atom. The monoisotopic (exact) mass is 164 g/mol. The Morgan fingerprint density at radius 2 is 1.75 bits per heavy atom. The summed E-state index contributed by atoms with van der Waals surface area (Å²) >= 11 is 2.60. The van der Waals surface area contributed by atoms with Gasteiger partial charge in [0.15, 0.2) is 0 Å². The van der Waals surface area contributed by atoms with Gasteiger partial charge in [0.25, 0.3) is 0 Å². The topological polar surface area (TPSA) is 0 Å². The van der Waals surface area contributed by atoms with Gasteiger partial charge in [-0.15, -0.1) is 0 Å². The first-order valence-electron chi connectivity index (χ1n) is 1.37. The van der Waals surface area contributed by atoms with E-state index in [-0.39, 0.29) is 0 Å². The molecule has 0 aliphatic rings. The largest absolute Gasteiger partial charge is 0.449 e. The maximum Gasteiger partial charge on any atom is 0.449 e. The van der Waals surface area contributed by atoms with Crippen molar-refractivity contribution in [2.24, 2.45) is 0 Å². The molecule has 6 heteroatoms. The molecular weight excluding hydrogens is 164 g/mol. The number of thioether (sulfide) groups is 1. The summed E-state index contributed by atoms with van der Waals surface area (Å²) in [6, 6.07) is 0. The van der Waals surface area contributed by atoms with Gasteiger partial charge in [-0.2, -0.15) is 17.6 Å². The Kier molecular flexibility index (Phi) is 2.68. The Balaban J connectivity index is 3.55. The van der Waals surface area contributed by atoms with Crippen LogP contribution >= 0.6 is 24.0 Å². The van der Waals surface area contributed by atoms with Gasteiger partial charge in [-0.3, -0.25) is 0 Å². The number of alkyl halides is 3. The summed E-state index contributed by atoms with van der Waals surface area (Å²) in [5.74, 6) is 0. The minimum Gasteiger partial charge on any atom is -0.186 e. The fourth-order valence-electron chi connectivity index (χ4n) is 0.0910. The van der Waals surface area contributed by atoms with Crippen molar-refractivity contribution in [3.8, 4) is 0 Å². The average molecular weight is 164 g/mol. The van der Waals surface area contributed by atoms with Gasteiger partial charge in [0, 0.05) is 11.8 Å². The molecule has 0 heterocycles. The quantitative estimate of drug-likeness (QED) is 0.306. The molecule has 0 amide bonds. The van der Waals surface area contributed by atoms with Crippen LogP contribution < -0.4 is 0 Å². The molecule has 0 N–H and O–H groups in total. The molecule has 0 radical (unpaired) electrons. The number of hydrogen-bond acceptors (Lipinski definition) is 2. The maximum absolute atomic E-state index is 11.2. The molecule has 0 aliphatic heterocycles. The molecule has 0 aromatic carbocycles. The van der Waals surface area contributed by atoms with Crippen LogP contribution in [-0.2, 0) is 0 Å². The van der Waals surface area contributed by atoms with E-state index >= 15 is 0 Å². The first-order valence-corrected chi connectivity index (χ1v) is 2.59. The van der Waals surface area contributed by atoms with E-state index in [2.05, 4.69) is 12.2 Å². The lowest BCUT2D eigenvalue weighted by Crippen LogP contribution is -2.01.